The highest BCUT2D eigenvalue weighted by molar-refractivity contribution is 9.10. The normalized spacial score (nSPS) is 12.0. The highest BCUT2D eigenvalue weighted by Gasteiger charge is 2.18. The lowest BCUT2D eigenvalue weighted by atomic mass is 10.0. The van der Waals surface area contributed by atoms with Gasteiger partial charge < -0.3 is 5.32 Å². The first-order chi connectivity index (χ1) is 10.0. The van der Waals surface area contributed by atoms with Crippen molar-refractivity contribution in [3.8, 4) is 0 Å². The molecule has 0 spiro atoms. The van der Waals surface area contributed by atoms with Crippen molar-refractivity contribution in [2.45, 2.75) is 19.4 Å². The molecular formula is C15H14BrClN2O2. The van der Waals surface area contributed by atoms with Crippen LogP contribution >= 0.6 is 27.5 Å². The van der Waals surface area contributed by atoms with Crippen LogP contribution in [0.4, 0.5) is 11.4 Å². The van der Waals surface area contributed by atoms with E-state index in [-0.39, 0.29) is 11.7 Å². The van der Waals surface area contributed by atoms with Crippen LogP contribution in [-0.4, -0.2) is 4.92 Å². The molecule has 0 aromatic heterocycles. The second kappa shape index (κ2) is 6.91. The zero-order chi connectivity index (χ0) is 15.4. The fourth-order valence-electron chi connectivity index (χ4n) is 2.11. The Morgan fingerprint density at radius 2 is 2.10 bits per heavy atom. The molecule has 0 amide bonds. The molecule has 2 aromatic rings. The number of hydrogen-bond acceptors (Lipinski definition) is 3. The van der Waals surface area contributed by atoms with Gasteiger partial charge in [-0.05, 0) is 36.2 Å². The molecule has 110 valence electrons. The molecule has 0 saturated heterocycles. The Hall–Kier alpha value is -1.59. The highest BCUT2D eigenvalue weighted by Crippen LogP contribution is 2.32. The molecule has 0 fully saturated rings. The van der Waals surface area contributed by atoms with Gasteiger partial charge in [0.15, 0.2) is 0 Å². The number of anilines is 1. The van der Waals surface area contributed by atoms with Crippen LogP contribution in [0.2, 0.25) is 5.02 Å². The number of benzene rings is 2. The van der Waals surface area contributed by atoms with Gasteiger partial charge in [-0.15, -0.1) is 0 Å². The summed E-state index contributed by atoms with van der Waals surface area (Å²) in [5.74, 6) is 0. The van der Waals surface area contributed by atoms with Crippen molar-refractivity contribution in [2.75, 3.05) is 5.32 Å². The number of nitro groups is 1. The van der Waals surface area contributed by atoms with Gasteiger partial charge in [-0.2, -0.15) is 0 Å². The standard InChI is InChI=1S/C15H14BrClN2O2/c1-2-13(10-4-3-5-12(17)8-10)18-14-7-6-11(16)9-15(14)19(20)21/h3-9,13,18H,2H2,1H3. The van der Waals surface area contributed by atoms with E-state index < -0.39 is 4.92 Å². The Labute approximate surface area is 136 Å². The Morgan fingerprint density at radius 1 is 1.33 bits per heavy atom. The summed E-state index contributed by atoms with van der Waals surface area (Å²) < 4.78 is 0.676. The molecule has 6 heteroatoms. The Morgan fingerprint density at radius 3 is 2.71 bits per heavy atom. The van der Waals surface area contributed by atoms with Crippen LogP contribution < -0.4 is 5.32 Å². The monoisotopic (exact) mass is 368 g/mol. The summed E-state index contributed by atoms with van der Waals surface area (Å²) in [4.78, 5) is 10.8. The first kappa shape index (κ1) is 15.8. The first-order valence-electron chi connectivity index (χ1n) is 6.47. The quantitative estimate of drug-likeness (QED) is 0.553. The van der Waals surface area contributed by atoms with Gasteiger partial charge in [-0.25, -0.2) is 0 Å². The number of nitrogens with one attached hydrogen (secondary N) is 1. The maximum absolute atomic E-state index is 11.2. The lowest BCUT2D eigenvalue weighted by molar-refractivity contribution is -0.384. The van der Waals surface area contributed by atoms with Gasteiger partial charge in [0, 0.05) is 15.6 Å². The molecule has 0 aliphatic heterocycles. The minimum Gasteiger partial charge on any atom is -0.373 e. The van der Waals surface area contributed by atoms with Crippen LogP contribution in [0.3, 0.4) is 0 Å². The summed E-state index contributed by atoms with van der Waals surface area (Å²) in [6, 6.07) is 12.4. The fraction of sp³-hybridized carbons (Fsp3) is 0.200. The van der Waals surface area contributed by atoms with E-state index >= 15 is 0 Å². The molecule has 1 atom stereocenters. The number of nitro benzene ring substituents is 1. The van der Waals surface area contributed by atoms with Crippen LogP contribution in [0, 0.1) is 10.1 Å². The average molecular weight is 370 g/mol. The van der Waals surface area contributed by atoms with E-state index in [9.17, 15) is 10.1 Å². The Balaban J connectivity index is 2.33. The van der Waals surface area contributed by atoms with Crippen LogP contribution in [-0.2, 0) is 0 Å². The second-order valence-corrected chi connectivity index (χ2v) is 5.93. The molecule has 0 aliphatic carbocycles. The largest absolute Gasteiger partial charge is 0.373 e. The van der Waals surface area contributed by atoms with Crippen molar-refractivity contribution < 1.29 is 4.92 Å². The van der Waals surface area contributed by atoms with Gasteiger partial charge in [0.25, 0.3) is 5.69 Å². The first-order valence-corrected chi connectivity index (χ1v) is 7.64. The van der Waals surface area contributed by atoms with E-state index in [1.807, 2.05) is 25.1 Å². The predicted octanol–water partition coefficient (Wildman–Crippen LogP) is 5.57. The van der Waals surface area contributed by atoms with Crippen LogP contribution in [0.1, 0.15) is 24.9 Å². The minimum atomic E-state index is -0.391. The van der Waals surface area contributed by atoms with Crippen molar-refractivity contribution in [1.82, 2.24) is 0 Å². The van der Waals surface area contributed by atoms with E-state index in [2.05, 4.69) is 21.2 Å². The third-order valence-corrected chi connectivity index (χ3v) is 3.87. The smallest absolute Gasteiger partial charge is 0.293 e. The number of nitrogens with zero attached hydrogens (tertiary/aromatic N) is 1. The molecular weight excluding hydrogens is 356 g/mol. The van der Waals surface area contributed by atoms with E-state index in [1.54, 1.807) is 18.2 Å². The van der Waals surface area contributed by atoms with Crippen LogP contribution in [0.5, 0.6) is 0 Å². The van der Waals surface area contributed by atoms with Gasteiger partial charge >= 0.3 is 0 Å². The van der Waals surface area contributed by atoms with E-state index in [0.29, 0.717) is 15.2 Å². The van der Waals surface area contributed by atoms with Crippen LogP contribution in [0.15, 0.2) is 46.9 Å². The zero-order valence-electron chi connectivity index (χ0n) is 11.3. The van der Waals surface area contributed by atoms with Crippen molar-refractivity contribution in [1.29, 1.82) is 0 Å². The van der Waals surface area contributed by atoms with Crippen molar-refractivity contribution in [3.63, 3.8) is 0 Å². The van der Waals surface area contributed by atoms with Gasteiger partial charge in [-0.3, -0.25) is 10.1 Å². The average Bonchev–Trinajstić information content (AvgIpc) is 2.45. The molecule has 2 aromatic carbocycles. The van der Waals surface area contributed by atoms with Crippen molar-refractivity contribution in [3.05, 3.63) is 67.6 Å². The van der Waals surface area contributed by atoms with E-state index in [0.717, 1.165) is 12.0 Å². The number of halogens is 2. The van der Waals surface area contributed by atoms with Gasteiger partial charge in [0.05, 0.1) is 11.0 Å². The lowest BCUT2D eigenvalue weighted by Crippen LogP contribution is -2.11. The number of hydrogen-bond donors (Lipinski definition) is 1. The summed E-state index contributed by atoms with van der Waals surface area (Å²) in [5, 5.41) is 15.0. The summed E-state index contributed by atoms with van der Waals surface area (Å²) in [6.45, 7) is 2.02. The molecule has 2 rings (SSSR count). The number of rotatable bonds is 5. The fourth-order valence-corrected chi connectivity index (χ4v) is 2.66. The molecule has 0 bridgehead atoms. The third-order valence-electron chi connectivity index (χ3n) is 3.15. The summed E-state index contributed by atoms with van der Waals surface area (Å²) in [6.07, 6.45) is 0.785. The molecule has 0 heterocycles. The summed E-state index contributed by atoms with van der Waals surface area (Å²) in [5.41, 5.74) is 1.54. The van der Waals surface area contributed by atoms with Crippen LogP contribution in [0.25, 0.3) is 0 Å². The second-order valence-electron chi connectivity index (χ2n) is 4.58. The highest BCUT2D eigenvalue weighted by atomic mass is 79.9. The minimum absolute atomic E-state index is 0.0384. The summed E-state index contributed by atoms with van der Waals surface area (Å²) in [7, 11) is 0. The summed E-state index contributed by atoms with van der Waals surface area (Å²) >= 11 is 9.26. The molecule has 1 unspecified atom stereocenters. The van der Waals surface area contributed by atoms with E-state index in [1.165, 1.54) is 6.07 Å². The molecule has 0 saturated carbocycles. The Bertz CT molecular complexity index is 664. The molecule has 0 aliphatic rings. The van der Waals surface area contributed by atoms with Crippen molar-refractivity contribution >= 4 is 38.9 Å². The SMILES string of the molecule is CCC(Nc1ccc(Br)cc1[N+](=O)[O-])c1cccc(Cl)c1. The van der Waals surface area contributed by atoms with Gasteiger partial charge in [-0.1, -0.05) is 46.6 Å². The van der Waals surface area contributed by atoms with Gasteiger partial charge in [0.1, 0.15) is 5.69 Å². The van der Waals surface area contributed by atoms with Crippen molar-refractivity contribution in [2.24, 2.45) is 0 Å². The Kier molecular flexibility index (Phi) is 5.20. The lowest BCUT2D eigenvalue weighted by Gasteiger charge is -2.19. The van der Waals surface area contributed by atoms with Gasteiger partial charge in [0.2, 0.25) is 0 Å². The van der Waals surface area contributed by atoms with E-state index in [4.69, 9.17) is 11.6 Å². The maximum Gasteiger partial charge on any atom is 0.293 e. The maximum atomic E-state index is 11.2. The topological polar surface area (TPSA) is 55.2 Å². The molecule has 1 N–H and O–H groups in total. The molecule has 4 nitrogen and oxygen atoms in total. The molecule has 21 heavy (non-hydrogen) atoms. The third kappa shape index (κ3) is 3.95. The predicted molar refractivity (Wildman–Crippen MR) is 88.9 cm³/mol. The molecule has 0 radical (unpaired) electrons. The zero-order valence-corrected chi connectivity index (χ0v) is 13.7.